The summed E-state index contributed by atoms with van der Waals surface area (Å²) in [6, 6.07) is 0.825. The van der Waals surface area contributed by atoms with E-state index in [2.05, 4.69) is 17.6 Å². The Balaban J connectivity index is 2.10. The molecule has 0 spiro atoms. The van der Waals surface area contributed by atoms with Crippen molar-refractivity contribution in [1.29, 1.82) is 0 Å². The van der Waals surface area contributed by atoms with Gasteiger partial charge in [-0.2, -0.15) is 11.8 Å². The third kappa shape index (κ3) is 5.42. The molecule has 0 radical (unpaired) electrons. The fourth-order valence-corrected chi connectivity index (χ4v) is 2.67. The van der Waals surface area contributed by atoms with Crippen LogP contribution in [-0.2, 0) is 4.79 Å². The number of thioether (sulfide) groups is 1. The number of hydrogen-bond donors (Lipinski definition) is 2. The lowest BCUT2D eigenvalue weighted by atomic mass is 10.2. The van der Waals surface area contributed by atoms with Crippen LogP contribution in [0.2, 0.25) is 0 Å². The maximum absolute atomic E-state index is 11.5. The Morgan fingerprint density at radius 2 is 2.40 bits per heavy atom. The number of carbonyl (C=O) groups is 1. The first-order valence-corrected chi connectivity index (χ1v) is 6.98. The van der Waals surface area contributed by atoms with Gasteiger partial charge >= 0.3 is 0 Å². The average Bonchev–Trinajstić information content (AvgIpc) is 2.27. The monoisotopic (exact) mass is 230 g/mol. The number of hydrogen-bond acceptors (Lipinski definition) is 3. The zero-order valence-corrected chi connectivity index (χ0v) is 10.5. The predicted octanol–water partition coefficient (Wildman–Crippen LogP) is 1.39. The molecule has 0 bridgehead atoms. The molecule has 0 aromatic heterocycles. The minimum Gasteiger partial charge on any atom is -0.353 e. The predicted molar refractivity (Wildman–Crippen MR) is 66.2 cm³/mol. The van der Waals surface area contributed by atoms with Crippen molar-refractivity contribution in [2.75, 3.05) is 18.1 Å². The van der Waals surface area contributed by atoms with Crippen LogP contribution in [-0.4, -0.2) is 36.0 Å². The van der Waals surface area contributed by atoms with E-state index in [1.807, 2.05) is 18.7 Å². The summed E-state index contributed by atoms with van der Waals surface area (Å²) in [6.45, 7) is 4.58. The molecule has 1 aliphatic rings. The van der Waals surface area contributed by atoms with Gasteiger partial charge in [0.05, 0.1) is 6.54 Å². The Hall–Kier alpha value is -0.220. The quantitative estimate of drug-likeness (QED) is 0.750. The number of carbonyl (C=O) groups excluding carboxylic acids is 1. The molecule has 0 aromatic rings. The molecule has 4 heteroatoms. The summed E-state index contributed by atoms with van der Waals surface area (Å²) in [5.74, 6) is 2.55. The highest BCUT2D eigenvalue weighted by atomic mass is 32.2. The standard InChI is InChI=1S/C11H22N2OS/c1-3-9(2)13-11(14)7-12-10-5-4-6-15-8-10/h9-10,12H,3-8H2,1-2H3,(H,13,14). The highest BCUT2D eigenvalue weighted by Crippen LogP contribution is 2.16. The Labute approximate surface area is 96.8 Å². The second-order valence-corrected chi connectivity index (χ2v) is 5.32. The van der Waals surface area contributed by atoms with Crippen molar-refractivity contribution in [3.05, 3.63) is 0 Å². The van der Waals surface area contributed by atoms with Crippen LogP contribution in [0.3, 0.4) is 0 Å². The Bertz CT molecular complexity index is 193. The SMILES string of the molecule is CCC(C)NC(=O)CNC1CCCSC1. The maximum Gasteiger partial charge on any atom is 0.234 e. The van der Waals surface area contributed by atoms with Crippen LogP contribution in [0.25, 0.3) is 0 Å². The third-order valence-electron chi connectivity index (χ3n) is 2.73. The first kappa shape index (κ1) is 12.8. The lowest BCUT2D eigenvalue weighted by Crippen LogP contribution is -2.43. The van der Waals surface area contributed by atoms with Crippen molar-refractivity contribution in [1.82, 2.24) is 10.6 Å². The smallest absolute Gasteiger partial charge is 0.234 e. The van der Waals surface area contributed by atoms with Crippen LogP contribution >= 0.6 is 11.8 Å². The molecule has 88 valence electrons. The minimum absolute atomic E-state index is 0.125. The topological polar surface area (TPSA) is 41.1 Å². The number of rotatable bonds is 5. The van der Waals surface area contributed by atoms with Gasteiger partial charge in [-0.25, -0.2) is 0 Å². The van der Waals surface area contributed by atoms with E-state index in [0.29, 0.717) is 18.6 Å². The molecule has 2 atom stereocenters. The van der Waals surface area contributed by atoms with Crippen molar-refractivity contribution in [3.8, 4) is 0 Å². The van der Waals surface area contributed by atoms with E-state index < -0.39 is 0 Å². The van der Waals surface area contributed by atoms with Gasteiger partial charge < -0.3 is 10.6 Å². The van der Waals surface area contributed by atoms with E-state index in [-0.39, 0.29) is 5.91 Å². The zero-order chi connectivity index (χ0) is 11.1. The van der Waals surface area contributed by atoms with Crippen LogP contribution in [0.4, 0.5) is 0 Å². The highest BCUT2D eigenvalue weighted by molar-refractivity contribution is 7.99. The van der Waals surface area contributed by atoms with Crippen LogP contribution in [0, 0.1) is 0 Å². The van der Waals surface area contributed by atoms with E-state index in [4.69, 9.17) is 0 Å². The van der Waals surface area contributed by atoms with Gasteiger partial charge in [0.25, 0.3) is 0 Å². The van der Waals surface area contributed by atoms with Gasteiger partial charge in [0.15, 0.2) is 0 Å². The molecule has 0 saturated carbocycles. The fraction of sp³-hybridized carbons (Fsp3) is 0.909. The zero-order valence-electron chi connectivity index (χ0n) is 9.71. The molecule has 2 unspecified atom stereocenters. The van der Waals surface area contributed by atoms with E-state index in [1.165, 1.54) is 18.6 Å². The van der Waals surface area contributed by atoms with E-state index in [1.54, 1.807) is 0 Å². The largest absolute Gasteiger partial charge is 0.353 e. The summed E-state index contributed by atoms with van der Waals surface area (Å²) in [6.07, 6.45) is 3.48. The number of nitrogens with one attached hydrogen (secondary N) is 2. The molecule has 1 rings (SSSR count). The van der Waals surface area contributed by atoms with Crippen molar-refractivity contribution in [3.63, 3.8) is 0 Å². The minimum atomic E-state index is 0.125. The number of amides is 1. The third-order valence-corrected chi connectivity index (χ3v) is 3.95. The normalized spacial score (nSPS) is 23.5. The van der Waals surface area contributed by atoms with E-state index in [9.17, 15) is 4.79 Å². The molecule has 2 N–H and O–H groups in total. The van der Waals surface area contributed by atoms with Crippen LogP contribution in [0.5, 0.6) is 0 Å². The van der Waals surface area contributed by atoms with E-state index in [0.717, 1.165) is 12.2 Å². The van der Waals surface area contributed by atoms with Crippen molar-refractivity contribution >= 4 is 17.7 Å². The van der Waals surface area contributed by atoms with Gasteiger partial charge in [0, 0.05) is 17.8 Å². The summed E-state index contributed by atoms with van der Waals surface area (Å²) in [5.41, 5.74) is 0. The molecular formula is C11H22N2OS. The van der Waals surface area contributed by atoms with Gasteiger partial charge in [-0.3, -0.25) is 4.79 Å². The molecular weight excluding hydrogens is 208 g/mol. The molecule has 1 aliphatic heterocycles. The summed E-state index contributed by atoms with van der Waals surface area (Å²) in [4.78, 5) is 11.5. The Morgan fingerprint density at radius 1 is 1.60 bits per heavy atom. The highest BCUT2D eigenvalue weighted by Gasteiger charge is 2.14. The Morgan fingerprint density at radius 3 is 3.00 bits per heavy atom. The lowest BCUT2D eigenvalue weighted by molar-refractivity contribution is -0.120. The van der Waals surface area contributed by atoms with Crippen LogP contribution in [0.15, 0.2) is 0 Å². The lowest BCUT2D eigenvalue weighted by Gasteiger charge is -2.22. The first-order chi connectivity index (χ1) is 7.22. The maximum atomic E-state index is 11.5. The molecule has 0 aromatic carbocycles. The summed E-state index contributed by atoms with van der Waals surface area (Å²) in [5, 5.41) is 6.28. The van der Waals surface area contributed by atoms with Gasteiger partial charge in [0.1, 0.15) is 0 Å². The molecule has 15 heavy (non-hydrogen) atoms. The molecule has 1 saturated heterocycles. The van der Waals surface area contributed by atoms with Crippen LogP contribution < -0.4 is 10.6 Å². The molecule has 3 nitrogen and oxygen atoms in total. The van der Waals surface area contributed by atoms with Gasteiger partial charge in [-0.15, -0.1) is 0 Å². The van der Waals surface area contributed by atoms with E-state index >= 15 is 0 Å². The summed E-state index contributed by atoms with van der Waals surface area (Å²) in [7, 11) is 0. The van der Waals surface area contributed by atoms with Crippen LogP contribution in [0.1, 0.15) is 33.1 Å². The second kappa shape index (κ2) is 7.12. The second-order valence-electron chi connectivity index (χ2n) is 4.17. The molecule has 1 fully saturated rings. The molecule has 0 aliphatic carbocycles. The van der Waals surface area contributed by atoms with Crippen molar-refractivity contribution < 1.29 is 4.79 Å². The fourth-order valence-electron chi connectivity index (χ4n) is 1.57. The average molecular weight is 230 g/mol. The van der Waals surface area contributed by atoms with Gasteiger partial charge in [-0.05, 0) is 31.9 Å². The Kier molecular flexibility index (Phi) is 6.10. The molecule has 1 heterocycles. The molecule has 1 amide bonds. The van der Waals surface area contributed by atoms with Gasteiger partial charge in [0.2, 0.25) is 5.91 Å². The summed E-state index contributed by atoms with van der Waals surface area (Å²) >= 11 is 1.98. The first-order valence-electron chi connectivity index (χ1n) is 5.83. The van der Waals surface area contributed by atoms with Gasteiger partial charge in [-0.1, -0.05) is 6.92 Å². The van der Waals surface area contributed by atoms with Crippen molar-refractivity contribution in [2.24, 2.45) is 0 Å². The van der Waals surface area contributed by atoms with Crippen molar-refractivity contribution in [2.45, 2.75) is 45.2 Å². The summed E-state index contributed by atoms with van der Waals surface area (Å²) < 4.78 is 0.